The van der Waals surface area contributed by atoms with Crippen molar-refractivity contribution in [2.45, 2.75) is 38.1 Å². The summed E-state index contributed by atoms with van der Waals surface area (Å²) in [5.74, 6) is 3.38. The van der Waals surface area contributed by atoms with E-state index in [0.29, 0.717) is 23.8 Å². The molecule has 0 saturated heterocycles. The number of nitrogens with two attached hydrogens (primary N) is 1. The fourth-order valence-electron chi connectivity index (χ4n) is 6.27. The van der Waals surface area contributed by atoms with Crippen molar-refractivity contribution in [2.24, 2.45) is 28.9 Å². The van der Waals surface area contributed by atoms with Crippen LogP contribution in [0.4, 0.5) is 0 Å². The summed E-state index contributed by atoms with van der Waals surface area (Å²) in [7, 11) is 1.68. The molecule has 5 aliphatic rings. The fourth-order valence-corrected chi connectivity index (χ4v) is 6.27. The number of benzene rings is 1. The summed E-state index contributed by atoms with van der Waals surface area (Å²) in [6.07, 6.45) is 7.47. The smallest absolute Gasteiger partial charge is 0.223 e. The summed E-state index contributed by atoms with van der Waals surface area (Å²) in [5.41, 5.74) is 6.62. The largest absolute Gasteiger partial charge is 0.497 e. The number of hydrogen-bond acceptors (Lipinski definition) is 4. The molecule has 1 aromatic carbocycles. The molecule has 1 heterocycles. The molecule has 1 amide bonds. The number of hydroxylamine groups is 2. The maximum absolute atomic E-state index is 12.1. The van der Waals surface area contributed by atoms with Gasteiger partial charge in [0, 0.05) is 11.0 Å². The monoisotopic (exact) mass is 354 g/mol. The van der Waals surface area contributed by atoms with E-state index in [2.05, 4.69) is 17.2 Å². The quantitative estimate of drug-likeness (QED) is 0.903. The van der Waals surface area contributed by atoms with Gasteiger partial charge in [0.1, 0.15) is 5.75 Å². The molecule has 1 aliphatic heterocycles. The Kier molecular flexibility index (Phi) is 3.58. The minimum absolute atomic E-state index is 0.0760. The number of carbonyl (C=O) groups is 1. The molecule has 4 bridgehead atoms. The van der Waals surface area contributed by atoms with Crippen molar-refractivity contribution in [1.29, 1.82) is 0 Å². The second kappa shape index (κ2) is 5.74. The lowest BCUT2D eigenvalue weighted by Gasteiger charge is -2.59. The van der Waals surface area contributed by atoms with Crippen LogP contribution in [0.3, 0.4) is 0 Å². The van der Waals surface area contributed by atoms with E-state index in [0.717, 1.165) is 42.9 Å². The molecule has 0 aromatic heterocycles. The minimum Gasteiger partial charge on any atom is -0.497 e. The molecule has 4 fully saturated rings. The van der Waals surface area contributed by atoms with E-state index in [-0.39, 0.29) is 11.3 Å². The highest BCUT2D eigenvalue weighted by Crippen LogP contribution is 2.61. The Morgan fingerprint density at radius 3 is 2.73 bits per heavy atom. The van der Waals surface area contributed by atoms with Gasteiger partial charge in [0.2, 0.25) is 5.91 Å². The normalized spacial score (nSPS) is 38.1. The van der Waals surface area contributed by atoms with Gasteiger partial charge in [-0.3, -0.25) is 4.79 Å². The van der Waals surface area contributed by atoms with Gasteiger partial charge < -0.3 is 15.3 Å². The van der Waals surface area contributed by atoms with Crippen LogP contribution in [0, 0.1) is 23.2 Å². The van der Waals surface area contributed by atoms with Gasteiger partial charge >= 0.3 is 0 Å². The van der Waals surface area contributed by atoms with Crippen LogP contribution in [0.1, 0.15) is 37.7 Å². The zero-order valence-electron chi connectivity index (χ0n) is 15.2. The lowest BCUT2D eigenvalue weighted by molar-refractivity contribution is -0.197. The van der Waals surface area contributed by atoms with Crippen molar-refractivity contribution < 1.29 is 14.4 Å². The second-order valence-corrected chi connectivity index (χ2v) is 8.60. The number of primary amides is 1. The lowest BCUT2D eigenvalue weighted by atomic mass is 9.47. The van der Waals surface area contributed by atoms with Crippen molar-refractivity contribution in [3.05, 3.63) is 35.9 Å². The van der Waals surface area contributed by atoms with Gasteiger partial charge in [-0.25, -0.2) is 0 Å². The summed E-state index contributed by atoms with van der Waals surface area (Å²) in [4.78, 5) is 18.4. The van der Waals surface area contributed by atoms with Gasteiger partial charge in [0.25, 0.3) is 0 Å². The Bertz CT molecular complexity index is 758. The van der Waals surface area contributed by atoms with E-state index < -0.39 is 0 Å². The third-order valence-electron chi connectivity index (χ3n) is 7.11. The average Bonchev–Trinajstić information content (AvgIpc) is 3.10. The molecule has 2 atom stereocenters. The number of rotatable bonds is 4. The molecule has 0 spiro atoms. The number of methoxy groups -OCH3 is 1. The Morgan fingerprint density at radius 2 is 2.04 bits per heavy atom. The first kappa shape index (κ1) is 16.2. The van der Waals surface area contributed by atoms with E-state index in [9.17, 15) is 4.79 Å². The third-order valence-corrected chi connectivity index (χ3v) is 7.11. The van der Waals surface area contributed by atoms with Crippen molar-refractivity contribution in [3.8, 4) is 5.75 Å². The van der Waals surface area contributed by atoms with Crippen LogP contribution in [0.25, 0.3) is 5.76 Å². The SMILES string of the molecule is COc1cccc(C2=CCN(C3C4CC5CC3CC(C(N)=O)(C5)C4)O2)c1. The van der Waals surface area contributed by atoms with Crippen molar-refractivity contribution in [2.75, 3.05) is 13.7 Å². The van der Waals surface area contributed by atoms with Crippen LogP contribution in [-0.2, 0) is 9.63 Å². The van der Waals surface area contributed by atoms with Crippen LogP contribution in [0.15, 0.2) is 30.3 Å². The maximum Gasteiger partial charge on any atom is 0.223 e. The molecule has 2 unspecified atom stereocenters. The van der Waals surface area contributed by atoms with Crippen LogP contribution >= 0.6 is 0 Å². The summed E-state index contributed by atoms with van der Waals surface area (Å²) in [6.45, 7) is 0.804. The topological polar surface area (TPSA) is 64.8 Å². The first-order chi connectivity index (χ1) is 12.6. The van der Waals surface area contributed by atoms with Crippen molar-refractivity contribution >= 4 is 11.7 Å². The highest BCUT2D eigenvalue weighted by Gasteiger charge is 2.59. The molecule has 1 aromatic rings. The van der Waals surface area contributed by atoms with Crippen molar-refractivity contribution in [3.63, 3.8) is 0 Å². The number of nitrogens with zero attached hydrogens (tertiary/aromatic N) is 1. The molecule has 5 nitrogen and oxygen atoms in total. The van der Waals surface area contributed by atoms with Crippen LogP contribution < -0.4 is 10.5 Å². The summed E-state index contributed by atoms with van der Waals surface area (Å²) >= 11 is 0. The maximum atomic E-state index is 12.1. The van der Waals surface area contributed by atoms with Gasteiger partial charge in [0.05, 0.1) is 19.7 Å². The molecule has 6 rings (SSSR count). The number of amides is 1. The Morgan fingerprint density at radius 1 is 1.27 bits per heavy atom. The van der Waals surface area contributed by atoms with Crippen LogP contribution in [0.5, 0.6) is 5.75 Å². The van der Waals surface area contributed by atoms with Gasteiger partial charge in [-0.15, -0.1) is 5.06 Å². The molecule has 138 valence electrons. The molecule has 0 radical (unpaired) electrons. The van der Waals surface area contributed by atoms with Gasteiger partial charge in [-0.2, -0.15) is 0 Å². The van der Waals surface area contributed by atoms with Crippen LogP contribution in [0.2, 0.25) is 0 Å². The van der Waals surface area contributed by atoms with Crippen LogP contribution in [-0.4, -0.2) is 30.7 Å². The number of hydrogen-bond donors (Lipinski definition) is 1. The first-order valence-corrected chi connectivity index (χ1v) is 9.67. The highest BCUT2D eigenvalue weighted by molar-refractivity contribution is 5.81. The van der Waals surface area contributed by atoms with E-state index in [1.54, 1.807) is 7.11 Å². The van der Waals surface area contributed by atoms with Gasteiger partial charge in [-0.1, -0.05) is 12.1 Å². The van der Waals surface area contributed by atoms with E-state index in [1.165, 1.54) is 12.8 Å². The molecule has 26 heavy (non-hydrogen) atoms. The van der Waals surface area contributed by atoms with E-state index >= 15 is 0 Å². The van der Waals surface area contributed by atoms with Gasteiger partial charge in [-0.05, 0) is 68.1 Å². The summed E-state index contributed by atoms with van der Waals surface area (Å²) in [6, 6.07) is 8.39. The molecular weight excluding hydrogens is 328 g/mol. The Labute approximate surface area is 154 Å². The predicted molar refractivity (Wildman–Crippen MR) is 97.7 cm³/mol. The summed E-state index contributed by atoms with van der Waals surface area (Å²) in [5, 5.41) is 2.16. The average molecular weight is 354 g/mol. The van der Waals surface area contributed by atoms with Gasteiger partial charge in [0.15, 0.2) is 5.76 Å². The van der Waals surface area contributed by atoms with E-state index in [4.69, 9.17) is 15.3 Å². The zero-order valence-corrected chi connectivity index (χ0v) is 15.2. The molecule has 4 aliphatic carbocycles. The number of ether oxygens (including phenoxy) is 1. The molecular formula is C21H26N2O3. The lowest BCUT2D eigenvalue weighted by Crippen LogP contribution is -2.61. The second-order valence-electron chi connectivity index (χ2n) is 8.60. The Hall–Kier alpha value is -2.01. The summed E-state index contributed by atoms with van der Waals surface area (Å²) < 4.78 is 5.33. The standard InChI is InChI=1S/C21H26N2O3/c1-25-17-4-2-3-14(9-17)18-5-6-23(26-18)19-15-7-13-8-16(19)12-21(10-13,11-15)20(22)24/h2-5,9,13,15-16,19H,6-8,10-12H2,1H3,(H2,22,24). The highest BCUT2D eigenvalue weighted by atomic mass is 16.7. The molecule has 4 saturated carbocycles. The number of carbonyl (C=O) groups excluding carboxylic acids is 1. The molecule has 5 heteroatoms. The zero-order chi connectivity index (χ0) is 17.9. The Balaban J connectivity index is 1.34. The fraction of sp³-hybridized carbons (Fsp3) is 0.571. The van der Waals surface area contributed by atoms with Crippen molar-refractivity contribution in [1.82, 2.24) is 5.06 Å². The third kappa shape index (κ3) is 2.37. The first-order valence-electron chi connectivity index (χ1n) is 9.67. The minimum atomic E-state index is -0.240. The van der Waals surface area contributed by atoms with E-state index in [1.807, 2.05) is 18.2 Å². The molecule has 2 N–H and O–H groups in total. The predicted octanol–water partition coefficient (Wildman–Crippen LogP) is 2.96.